The maximum absolute atomic E-state index is 8.71. The summed E-state index contributed by atoms with van der Waals surface area (Å²) in [5.74, 6) is -0.822. The Morgan fingerprint density at radius 2 is 2.08 bits per heavy atom. The Kier molecular flexibility index (Phi) is 2.37. The van der Waals surface area contributed by atoms with Crippen molar-refractivity contribution in [1.82, 2.24) is 9.97 Å². The van der Waals surface area contributed by atoms with E-state index in [1.54, 1.807) is 12.3 Å². The Hall–Kier alpha value is -2.26. The normalized spacial score (nSPS) is 20.6. The number of nitrogens with zero attached hydrogens (tertiary/aromatic N) is 2. The molecule has 3 aromatic heterocycles. The average molecular weight is 351 g/mol. The first-order valence-electron chi connectivity index (χ1n) is 11.5. The van der Waals surface area contributed by atoms with E-state index >= 15 is 0 Å². The minimum absolute atomic E-state index is 0.0251. The molecule has 124 valence electrons. The summed E-state index contributed by atoms with van der Waals surface area (Å²) in [6.45, 7) is -2.27. The molecule has 0 spiro atoms. The van der Waals surface area contributed by atoms with Gasteiger partial charge in [-0.05, 0) is 49.3 Å². The van der Waals surface area contributed by atoms with Crippen LogP contribution in [-0.4, -0.2) is 9.97 Å². The largest absolute Gasteiger partial charge is 0.256 e. The van der Waals surface area contributed by atoms with Crippen LogP contribution in [0.3, 0.4) is 0 Å². The summed E-state index contributed by atoms with van der Waals surface area (Å²) in [4.78, 5) is 9.53. The molecule has 25 heavy (non-hydrogen) atoms. The van der Waals surface area contributed by atoms with Crippen molar-refractivity contribution >= 4 is 31.6 Å². The Morgan fingerprint density at radius 3 is 2.96 bits per heavy atom. The molecule has 0 saturated heterocycles. The van der Waals surface area contributed by atoms with Crippen molar-refractivity contribution in [3.8, 4) is 11.3 Å². The first-order valence-corrected chi connectivity index (χ1v) is 9.30. The molecule has 1 aromatic carbocycles. The minimum atomic E-state index is -2.27. The molecule has 0 N–H and O–H groups in total. The molecule has 2 nitrogen and oxygen atoms in total. The third-order valence-electron chi connectivity index (χ3n) is 4.85. The van der Waals surface area contributed by atoms with E-state index in [9.17, 15) is 0 Å². The van der Waals surface area contributed by atoms with E-state index in [-0.39, 0.29) is 17.8 Å². The maximum Gasteiger partial charge on any atom is 0.124 e. The van der Waals surface area contributed by atoms with Crippen molar-refractivity contribution in [3.05, 3.63) is 59.9 Å². The van der Waals surface area contributed by atoms with Crippen LogP contribution in [0.1, 0.15) is 51.1 Å². The summed E-state index contributed by atoms with van der Waals surface area (Å²) in [6.07, 6.45) is 4.92. The van der Waals surface area contributed by atoms with E-state index in [2.05, 4.69) is 9.97 Å². The van der Waals surface area contributed by atoms with E-state index in [4.69, 9.17) is 8.22 Å². The van der Waals surface area contributed by atoms with Gasteiger partial charge in [0.2, 0.25) is 0 Å². The van der Waals surface area contributed by atoms with Crippen LogP contribution in [-0.2, 0) is 0 Å². The van der Waals surface area contributed by atoms with Gasteiger partial charge in [-0.25, -0.2) is 4.98 Å². The number of thiophene rings is 1. The van der Waals surface area contributed by atoms with Crippen LogP contribution in [0.5, 0.6) is 0 Å². The van der Waals surface area contributed by atoms with Crippen LogP contribution in [0, 0.1) is 6.85 Å². The monoisotopic (exact) mass is 350 g/mol. The second kappa shape index (κ2) is 5.92. The molecule has 4 aromatic rings. The fourth-order valence-corrected chi connectivity index (χ4v) is 4.76. The van der Waals surface area contributed by atoms with Crippen molar-refractivity contribution in [2.24, 2.45) is 0 Å². The molecule has 0 bridgehead atoms. The van der Waals surface area contributed by atoms with E-state index < -0.39 is 12.7 Å². The summed E-state index contributed by atoms with van der Waals surface area (Å²) in [5.41, 5.74) is 1.73. The van der Waals surface area contributed by atoms with Gasteiger partial charge in [0.15, 0.2) is 0 Å². The molecule has 1 aliphatic carbocycles. The van der Waals surface area contributed by atoms with Gasteiger partial charge in [0, 0.05) is 38.4 Å². The lowest BCUT2D eigenvalue weighted by atomic mass is 9.98. The Balaban J connectivity index is 1.69. The van der Waals surface area contributed by atoms with Crippen molar-refractivity contribution < 1.29 is 8.22 Å². The molecule has 1 fully saturated rings. The zero-order valence-corrected chi connectivity index (χ0v) is 14.4. The lowest BCUT2D eigenvalue weighted by Gasteiger charge is -2.10. The fraction of sp³-hybridized carbons (Fsp3) is 0.273. The van der Waals surface area contributed by atoms with Crippen LogP contribution in [0.15, 0.2) is 48.6 Å². The van der Waals surface area contributed by atoms with Gasteiger partial charge in [-0.1, -0.05) is 37.1 Å². The zero-order chi connectivity index (χ0) is 22.0. The van der Waals surface area contributed by atoms with Gasteiger partial charge in [0.25, 0.3) is 0 Å². The second-order valence-corrected chi connectivity index (χ2v) is 7.41. The molecule has 0 radical (unpaired) electrons. The van der Waals surface area contributed by atoms with E-state index in [0.717, 1.165) is 33.9 Å². The standard InChI is InChI=1S/C22H20N2S/c1-14-9-11-18-17-7-4-8-19(21(17)25-22(18)24-14)20-12-10-16(13-23-20)15-5-2-3-6-15/h4,7-13,15H,2-3,5-6H2,1H3/i1D3,10D,12D,15D. The van der Waals surface area contributed by atoms with Crippen molar-refractivity contribution in [2.75, 3.05) is 0 Å². The van der Waals surface area contributed by atoms with Crippen molar-refractivity contribution in [1.29, 1.82) is 0 Å². The Labute approximate surface area is 160 Å². The van der Waals surface area contributed by atoms with Crippen molar-refractivity contribution in [3.63, 3.8) is 0 Å². The molecule has 0 unspecified atom stereocenters. The van der Waals surface area contributed by atoms with Gasteiger partial charge in [0.1, 0.15) is 4.83 Å². The van der Waals surface area contributed by atoms with Gasteiger partial charge in [-0.15, -0.1) is 11.3 Å². The summed E-state index contributed by atoms with van der Waals surface area (Å²) in [5, 5.41) is 1.78. The number of aromatic nitrogens is 2. The number of pyridine rings is 2. The SMILES string of the molecule is [2H]c1c(C2([2H])CCCC2)cnc(-c2cccc3c2sc2nc(C([2H])([2H])[2H])ccc23)c1[2H]. The van der Waals surface area contributed by atoms with E-state index in [0.29, 0.717) is 28.9 Å². The summed E-state index contributed by atoms with van der Waals surface area (Å²) >= 11 is 1.37. The number of benzene rings is 1. The first-order chi connectivity index (χ1) is 14.7. The highest BCUT2D eigenvalue weighted by atomic mass is 32.1. The molecular formula is C22H20N2S. The molecule has 0 aliphatic heterocycles. The first kappa shape index (κ1) is 10.0. The Bertz CT molecular complexity index is 1320. The highest BCUT2D eigenvalue weighted by Crippen LogP contribution is 2.39. The molecule has 1 saturated carbocycles. The van der Waals surface area contributed by atoms with Crippen LogP contribution in [0.25, 0.3) is 31.6 Å². The third kappa shape index (κ3) is 2.54. The second-order valence-electron chi connectivity index (χ2n) is 6.41. The van der Waals surface area contributed by atoms with Crippen LogP contribution in [0.2, 0.25) is 0 Å². The van der Waals surface area contributed by atoms with Gasteiger partial charge in [-0.3, -0.25) is 4.98 Å². The van der Waals surface area contributed by atoms with E-state index in [1.807, 2.05) is 18.2 Å². The molecule has 0 atom stereocenters. The lowest BCUT2D eigenvalue weighted by Crippen LogP contribution is -1.94. The number of hydrogen-bond donors (Lipinski definition) is 0. The van der Waals surface area contributed by atoms with Gasteiger partial charge >= 0.3 is 0 Å². The van der Waals surface area contributed by atoms with Gasteiger partial charge in [-0.2, -0.15) is 0 Å². The smallest absolute Gasteiger partial charge is 0.124 e. The number of hydrogen-bond acceptors (Lipinski definition) is 3. The average Bonchev–Trinajstić information content (AvgIpc) is 3.33. The fourth-order valence-electron chi connectivity index (χ4n) is 3.57. The summed E-state index contributed by atoms with van der Waals surface area (Å²) in [6, 6.07) is 9.11. The highest BCUT2D eigenvalue weighted by molar-refractivity contribution is 7.26. The minimum Gasteiger partial charge on any atom is -0.256 e. The molecule has 0 amide bonds. The van der Waals surface area contributed by atoms with Crippen molar-refractivity contribution in [2.45, 2.75) is 38.4 Å². The number of rotatable bonds is 2. The molecular weight excluding hydrogens is 324 g/mol. The summed E-state index contributed by atoms with van der Waals surface area (Å²) in [7, 11) is 0. The third-order valence-corrected chi connectivity index (χ3v) is 5.99. The van der Waals surface area contributed by atoms with Crippen LogP contribution < -0.4 is 0 Å². The molecule has 1 aliphatic rings. The predicted molar refractivity (Wildman–Crippen MR) is 106 cm³/mol. The number of fused-ring (bicyclic) bond motifs is 3. The molecule has 3 heteroatoms. The van der Waals surface area contributed by atoms with Crippen LogP contribution in [0.4, 0.5) is 0 Å². The quantitative estimate of drug-likeness (QED) is 0.413. The lowest BCUT2D eigenvalue weighted by molar-refractivity contribution is 0.719. The van der Waals surface area contributed by atoms with E-state index in [1.165, 1.54) is 17.4 Å². The predicted octanol–water partition coefficient (Wildman–Crippen LogP) is 6.48. The highest BCUT2D eigenvalue weighted by Gasteiger charge is 2.18. The zero-order valence-electron chi connectivity index (χ0n) is 19.6. The maximum atomic E-state index is 8.71. The summed E-state index contributed by atoms with van der Waals surface area (Å²) < 4.78 is 49.6. The number of aryl methyl sites for hydroxylation is 1. The Morgan fingerprint density at radius 1 is 1.16 bits per heavy atom. The van der Waals surface area contributed by atoms with Gasteiger partial charge in [0.05, 0.1) is 8.44 Å². The molecule has 3 heterocycles. The van der Waals surface area contributed by atoms with Gasteiger partial charge < -0.3 is 0 Å². The molecule has 5 rings (SSSR count). The van der Waals surface area contributed by atoms with Crippen LogP contribution >= 0.6 is 11.3 Å². The topological polar surface area (TPSA) is 25.8 Å².